The molecule has 8 N–H and O–H groups in total. The first-order valence-electron chi connectivity index (χ1n) is 5.07. The van der Waals surface area contributed by atoms with Gasteiger partial charge in [-0.15, -0.1) is 0 Å². The van der Waals surface area contributed by atoms with Crippen molar-refractivity contribution in [1.82, 2.24) is 0 Å². The molecule has 2 aliphatic carbocycles. The molecule has 6 heteroatoms. The van der Waals surface area contributed by atoms with E-state index in [1.165, 1.54) is 6.92 Å². The molecule has 0 aromatic heterocycles. The zero-order chi connectivity index (χ0) is 12.2. The molecule has 0 radical (unpaired) electrons. The largest absolute Gasteiger partial charge is 0.508 e. The minimum absolute atomic E-state index is 0.0769. The second kappa shape index (κ2) is 3.05. The Hall–Kier alpha value is -1.40. The number of hydrogen-bond donors (Lipinski definition) is 6. The molecule has 4 atom stereocenters. The molecular formula is C10H16N2O4. The number of aliphatic hydroxyl groups is 4. The summed E-state index contributed by atoms with van der Waals surface area (Å²) >= 11 is 0. The van der Waals surface area contributed by atoms with Crippen molar-refractivity contribution in [3.8, 4) is 0 Å². The molecule has 0 amide bonds. The fourth-order valence-electron chi connectivity index (χ4n) is 2.30. The van der Waals surface area contributed by atoms with E-state index in [1.807, 2.05) is 0 Å². The van der Waals surface area contributed by atoms with Crippen molar-refractivity contribution in [3.63, 3.8) is 0 Å². The summed E-state index contributed by atoms with van der Waals surface area (Å²) in [6, 6.07) is 0. The van der Waals surface area contributed by atoms with Gasteiger partial charge in [-0.25, -0.2) is 0 Å². The summed E-state index contributed by atoms with van der Waals surface area (Å²) in [5.74, 6) is -2.02. The molecule has 6 nitrogen and oxygen atoms in total. The van der Waals surface area contributed by atoms with Crippen molar-refractivity contribution in [2.75, 3.05) is 0 Å². The summed E-state index contributed by atoms with van der Waals surface area (Å²) in [7, 11) is 0. The van der Waals surface area contributed by atoms with Crippen LogP contribution in [0.15, 0.2) is 22.9 Å². The Balaban J connectivity index is 2.47. The number of nitrogens with two attached hydrogens (primary N) is 2. The van der Waals surface area contributed by atoms with Gasteiger partial charge in [-0.2, -0.15) is 0 Å². The highest BCUT2D eigenvalue weighted by Gasteiger charge is 2.55. The van der Waals surface area contributed by atoms with Gasteiger partial charge in [0, 0.05) is 5.92 Å². The Labute approximate surface area is 92.5 Å². The molecule has 0 heterocycles. The van der Waals surface area contributed by atoms with Crippen LogP contribution in [0.4, 0.5) is 0 Å². The summed E-state index contributed by atoms with van der Waals surface area (Å²) in [6.45, 7) is 1.41. The summed E-state index contributed by atoms with van der Waals surface area (Å²) in [4.78, 5) is 0. The zero-order valence-electron chi connectivity index (χ0n) is 8.88. The van der Waals surface area contributed by atoms with Crippen molar-refractivity contribution in [2.45, 2.75) is 25.0 Å². The van der Waals surface area contributed by atoms with Crippen LogP contribution < -0.4 is 11.5 Å². The molecule has 1 saturated carbocycles. The van der Waals surface area contributed by atoms with E-state index in [0.717, 1.165) is 0 Å². The lowest BCUT2D eigenvalue weighted by Crippen LogP contribution is -2.47. The minimum atomic E-state index is -1.55. The second-order valence-corrected chi connectivity index (χ2v) is 4.65. The second-order valence-electron chi connectivity index (χ2n) is 4.65. The maximum absolute atomic E-state index is 10.2. The summed E-state index contributed by atoms with van der Waals surface area (Å²) in [5, 5.41) is 38.9. The summed E-state index contributed by atoms with van der Waals surface area (Å²) < 4.78 is 0. The Morgan fingerprint density at radius 2 is 1.81 bits per heavy atom. The predicted octanol–water partition coefficient (Wildman–Crippen LogP) is -0.795. The Bertz CT molecular complexity index is 400. The fourth-order valence-corrected chi connectivity index (χ4v) is 2.30. The van der Waals surface area contributed by atoms with Crippen LogP contribution in [-0.4, -0.2) is 32.1 Å². The third-order valence-corrected chi connectivity index (χ3v) is 3.47. The molecular weight excluding hydrogens is 212 g/mol. The number of aliphatic hydroxyl groups excluding tert-OH is 3. The lowest BCUT2D eigenvalue weighted by molar-refractivity contribution is 0.00447. The smallest absolute Gasteiger partial charge is 0.178 e. The first-order chi connectivity index (χ1) is 7.28. The van der Waals surface area contributed by atoms with Crippen LogP contribution in [-0.2, 0) is 0 Å². The molecule has 2 unspecified atom stereocenters. The van der Waals surface area contributed by atoms with Gasteiger partial charge in [-0.3, -0.25) is 0 Å². The van der Waals surface area contributed by atoms with Crippen molar-refractivity contribution in [1.29, 1.82) is 0 Å². The van der Waals surface area contributed by atoms with Crippen LogP contribution in [0.5, 0.6) is 0 Å². The average Bonchev–Trinajstić information content (AvgIpc) is 2.89. The molecule has 0 saturated heterocycles. The van der Waals surface area contributed by atoms with Crippen molar-refractivity contribution < 1.29 is 20.4 Å². The Morgan fingerprint density at radius 3 is 2.25 bits per heavy atom. The van der Waals surface area contributed by atoms with Crippen molar-refractivity contribution >= 4 is 0 Å². The predicted molar refractivity (Wildman–Crippen MR) is 55.9 cm³/mol. The van der Waals surface area contributed by atoms with E-state index in [1.54, 1.807) is 0 Å². The monoisotopic (exact) mass is 228 g/mol. The van der Waals surface area contributed by atoms with Crippen molar-refractivity contribution in [2.24, 2.45) is 23.3 Å². The molecule has 16 heavy (non-hydrogen) atoms. The quantitative estimate of drug-likeness (QED) is 0.348. The number of rotatable bonds is 1. The van der Waals surface area contributed by atoms with Crippen LogP contribution in [0.3, 0.4) is 0 Å². The SMILES string of the molecule is CC1(O)C(N)=C(N)C(O)=C(O)C1[C@@H]1C[C@@H]1O. The molecule has 0 aromatic rings. The van der Waals surface area contributed by atoms with E-state index in [9.17, 15) is 20.4 Å². The van der Waals surface area contributed by atoms with Gasteiger partial charge in [0.05, 0.1) is 23.4 Å². The highest BCUT2D eigenvalue weighted by Crippen LogP contribution is 2.49. The first kappa shape index (κ1) is 11.1. The van der Waals surface area contributed by atoms with E-state index < -0.39 is 29.1 Å². The van der Waals surface area contributed by atoms with Crippen LogP contribution in [0.2, 0.25) is 0 Å². The lowest BCUT2D eigenvalue weighted by atomic mass is 9.76. The molecule has 0 spiro atoms. The fraction of sp³-hybridized carbons (Fsp3) is 0.600. The molecule has 2 rings (SSSR count). The lowest BCUT2D eigenvalue weighted by Gasteiger charge is -2.37. The highest BCUT2D eigenvalue weighted by molar-refractivity contribution is 5.41. The van der Waals surface area contributed by atoms with Gasteiger partial charge in [0.1, 0.15) is 11.4 Å². The topological polar surface area (TPSA) is 133 Å². The Kier molecular flexibility index (Phi) is 2.12. The van der Waals surface area contributed by atoms with Crippen LogP contribution in [0.25, 0.3) is 0 Å². The van der Waals surface area contributed by atoms with Gasteiger partial charge in [0.25, 0.3) is 0 Å². The molecule has 90 valence electrons. The van der Waals surface area contributed by atoms with Crippen LogP contribution >= 0.6 is 0 Å². The van der Waals surface area contributed by atoms with Crippen LogP contribution in [0, 0.1) is 11.8 Å². The van der Waals surface area contributed by atoms with Crippen molar-refractivity contribution in [3.05, 3.63) is 22.9 Å². The van der Waals surface area contributed by atoms with E-state index in [2.05, 4.69) is 0 Å². The zero-order valence-corrected chi connectivity index (χ0v) is 8.88. The minimum Gasteiger partial charge on any atom is -0.508 e. The number of hydrogen-bond acceptors (Lipinski definition) is 6. The molecule has 1 fully saturated rings. The van der Waals surface area contributed by atoms with E-state index in [4.69, 9.17) is 11.5 Å². The van der Waals surface area contributed by atoms with E-state index in [0.29, 0.717) is 6.42 Å². The molecule has 0 aliphatic heterocycles. The third-order valence-electron chi connectivity index (χ3n) is 3.47. The van der Waals surface area contributed by atoms with E-state index >= 15 is 0 Å². The van der Waals surface area contributed by atoms with Gasteiger partial charge in [-0.1, -0.05) is 0 Å². The maximum atomic E-state index is 10.2. The normalized spacial score (nSPS) is 43.8. The summed E-state index contributed by atoms with van der Waals surface area (Å²) in [6.07, 6.45) is -0.121. The van der Waals surface area contributed by atoms with Crippen LogP contribution in [0.1, 0.15) is 13.3 Å². The van der Waals surface area contributed by atoms with Gasteiger partial charge in [0.15, 0.2) is 5.76 Å². The summed E-state index contributed by atoms with van der Waals surface area (Å²) in [5.41, 5.74) is 9.25. The maximum Gasteiger partial charge on any atom is 0.178 e. The molecule has 0 bridgehead atoms. The highest BCUT2D eigenvalue weighted by atomic mass is 16.3. The van der Waals surface area contributed by atoms with Gasteiger partial charge >= 0.3 is 0 Å². The van der Waals surface area contributed by atoms with E-state index in [-0.39, 0.29) is 17.3 Å². The Morgan fingerprint density at radius 1 is 1.31 bits per heavy atom. The average molecular weight is 228 g/mol. The van der Waals surface area contributed by atoms with Gasteiger partial charge in [0.2, 0.25) is 0 Å². The molecule has 0 aromatic carbocycles. The first-order valence-corrected chi connectivity index (χ1v) is 5.07. The third kappa shape index (κ3) is 1.27. The standard InChI is InChI=1S/C10H16N2O4/c1-10(16)5(3-2-4(3)13)7(14)8(15)6(11)9(10)12/h3-5,13-16H,2,11-12H2,1H3/t3-,4+,5?,10?/m1/s1. The molecule has 2 aliphatic rings. The van der Waals surface area contributed by atoms with Gasteiger partial charge in [-0.05, 0) is 13.3 Å². The van der Waals surface area contributed by atoms with Gasteiger partial charge < -0.3 is 31.9 Å².